The minimum atomic E-state index is -0.943. The van der Waals surface area contributed by atoms with Crippen molar-refractivity contribution in [1.82, 2.24) is 5.32 Å². The van der Waals surface area contributed by atoms with Gasteiger partial charge in [-0.15, -0.1) is 0 Å². The molecule has 1 unspecified atom stereocenters. The molecule has 108 valence electrons. The molecule has 1 aliphatic rings. The molecule has 0 aromatic rings. The molecule has 0 aromatic heterocycles. The maximum Gasteiger partial charge on any atom is 0.328 e. The van der Waals surface area contributed by atoms with E-state index in [0.29, 0.717) is 12.8 Å². The van der Waals surface area contributed by atoms with Crippen LogP contribution in [0.5, 0.6) is 0 Å². The van der Waals surface area contributed by atoms with Crippen LogP contribution in [0, 0.1) is 17.8 Å². The lowest BCUT2D eigenvalue weighted by atomic mass is 9.95. The molecule has 1 amide bonds. The van der Waals surface area contributed by atoms with E-state index in [9.17, 15) is 14.4 Å². The van der Waals surface area contributed by atoms with E-state index in [0.717, 1.165) is 6.42 Å². The summed E-state index contributed by atoms with van der Waals surface area (Å²) in [6, 6.07) is -0.757. The maximum atomic E-state index is 12.1. The molecule has 0 heterocycles. The first-order valence-electron chi connectivity index (χ1n) is 6.51. The van der Waals surface area contributed by atoms with Crippen LogP contribution in [-0.4, -0.2) is 36.1 Å². The second-order valence-corrected chi connectivity index (χ2v) is 5.05. The van der Waals surface area contributed by atoms with Gasteiger partial charge in [-0.1, -0.05) is 13.3 Å². The average Bonchev–Trinajstić information content (AvgIpc) is 2.81. The highest BCUT2D eigenvalue weighted by Crippen LogP contribution is 2.38. The molecule has 0 radical (unpaired) electrons. The van der Waals surface area contributed by atoms with Crippen LogP contribution in [0.1, 0.15) is 33.1 Å². The molecule has 0 spiro atoms. The number of rotatable bonds is 5. The van der Waals surface area contributed by atoms with Crippen molar-refractivity contribution in [3.05, 3.63) is 0 Å². The maximum absolute atomic E-state index is 12.1. The molecule has 0 aliphatic heterocycles. The van der Waals surface area contributed by atoms with Gasteiger partial charge in [0.2, 0.25) is 5.91 Å². The zero-order valence-electron chi connectivity index (χ0n) is 11.5. The summed E-state index contributed by atoms with van der Waals surface area (Å²) in [5.41, 5.74) is 0. The van der Waals surface area contributed by atoms with Crippen molar-refractivity contribution in [2.24, 2.45) is 17.8 Å². The molecule has 0 aromatic carbocycles. The minimum absolute atomic E-state index is 0.255. The topological polar surface area (TPSA) is 92.7 Å². The number of esters is 1. The Balaban J connectivity index is 2.69. The number of amides is 1. The monoisotopic (exact) mass is 271 g/mol. The zero-order chi connectivity index (χ0) is 14.6. The van der Waals surface area contributed by atoms with Crippen molar-refractivity contribution in [3.63, 3.8) is 0 Å². The van der Waals surface area contributed by atoms with E-state index < -0.39 is 29.8 Å². The lowest BCUT2D eigenvalue weighted by molar-refractivity contribution is -0.147. The number of hydrogen-bond donors (Lipinski definition) is 2. The summed E-state index contributed by atoms with van der Waals surface area (Å²) in [5.74, 6) is -2.82. The van der Waals surface area contributed by atoms with Crippen molar-refractivity contribution >= 4 is 17.8 Å². The second kappa shape index (κ2) is 6.54. The van der Waals surface area contributed by atoms with E-state index in [4.69, 9.17) is 5.11 Å². The summed E-state index contributed by atoms with van der Waals surface area (Å²) < 4.78 is 4.52. The van der Waals surface area contributed by atoms with Gasteiger partial charge in [-0.2, -0.15) is 0 Å². The first-order chi connectivity index (χ1) is 8.90. The van der Waals surface area contributed by atoms with Crippen molar-refractivity contribution in [2.75, 3.05) is 7.11 Å². The summed E-state index contributed by atoms with van der Waals surface area (Å²) in [4.78, 5) is 34.5. The van der Waals surface area contributed by atoms with E-state index in [-0.39, 0.29) is 11.8 Å². The third kappa shape index (κ3) is 3.68. The standard InChI is InChI=1S/C13H21NO5/c1-4-8-5-9(10(6-8)12(16)17)11(15)14-7(2)13(18)19-3/h7-10H,4-6H2,1-3H3,(H,14,15)(H,16,17)/t7-,8?,9-,10+/m0/s1. The molecule has 4 atom stereocenters. The highest BCUT2D eigenvalue weighted by Gasteiger charge is 2.42. The first kappa shape index (κ1) is 15.5. The summed E-state index contributed by atoms with van der Waals surface area (Å²) in [6.07, 6.45) is 1.95. The molecule has 1 rings (SSSR count). The Hall–Kier alpha value is -1.59. The van der Waals surface area contributed by atoms with Gasteiger partial charge in [0.25, 0.3) is 0 Å². The number of carboxylic acid groups (broad SMARTS) is 1. The SMILES string of the molecule is CCC1C[C@H](C(=O)N[C@@H](C)C(=O)OC)[C@H](C(=O)O)C1. The van der Waals surface area contributed by atoms with Crippen LogP contribution in [0.3, 0.4) is 0 Å². The number of aliphatic carboxylic acids is 1. The van der Waals surface area contributed by atoms with Gasteiger partial charge >= 0.3 is 11.9 Å². The zero-order valence-corrected chi connectivity index (χ0v) is 11.5. The molecule has 6 heteroatoms. The van der Waals surface area contributed by atoms with Crippen LogP contribution >= 0.6 is 0 Å². The Morgan fingerprint density at radius 1 is 1.32 bits per heavy atom. The second-order valence-electron chi connectivity index (χ2n) is 5.05. The molecule has 0 bridgehead atoms. The Morgan fingerprint density at radius 2 is 1.89 bits per heavy atom. The van der Waals surface area contributed by atoms with Gasteiger partial charge in [-0.25, -0.2) is 4.79 Å². The molecule has 1 aliphatic carbocycles. The summed E-state index contributed by atoms with van der Waals surface area (Å²) in [7, 11) is 1.24. The number of methoxy groups -OCH3 is 1. The number of carbonyl (C=O) groups is 3. The predicted octanol–water partition coefficient (Wildman–Crippen LogP) is 0.801. The number of carboxylic acids is 1. The van der Waals surface area contributed by atoms with Crippen molar-refractivity contribution in [2.45, 2.75) is 39.2 Å². The van der Waals surface area contributed by atoms with Crippen LogP contribution in [0.15, 0.2) is 0 Å². The molecular weight excluding hydrogens is 250 g/mol. The Kier molecular flexibility index (Phi) is 5.32. The predicted molar refractivity (Wildman–Crippen MR) is 67.3 cm³/mol. The highest BCUT2D eigenvalue weighted by molar-refractivity contribution is 5.88. The Bertz CT molecular complexity index is 368. The third-order valence-corrected chi connectivity index (χ3v) is 3.81. The molecular formula is C13H21NO5. The molecule has 1 fully saturated rings. The fourth-order valence-corrected chi connectivity index (χ4v) is 2.60. The van der Waals surface area contributed by atoms with E-state index in [1.54, 1.807) is 0 Å². The van der Waals surface area contributed by atoms with E-state index in [2.05, 4.69) is 10.1 Å². The van der Waals surface area contributed by atoms with Gasteiger partial charge < -0.3 is 15.2 Å². The molecule has 19 heavy (non-hydrogen) atoms. The fourth-order valence-electron chi connectivity index (χ4n) is 2.60. The van der Waals surface area contributed by atoms with Crippen LogP contribution in [0.2, 0.25) is 0 Å². The van der Waals surface area contributed by atoms with Crippen LogP contribution in [0.4, 0.5) is 0 Å². The summed E-state index contributed by atoms with van der Waals surface area (Å²) in [6.45, 7) is 3.51. The van der Waals surface area contributed by atoms with Gasteiger partial charge in [0.15, 0.2) is 0 Å². The van der Waals surface area contributed by atoms with Gasteiger partial charge in [0.1, 0.15) is 6.04 Å². The van der Waals surface area contributed by atoms with Crippen LogP contribution in [0.25, 0.3) is 0 Å². The van der Waals surface area contributed by atoms with Crippen molar-refractivity contribution < 1.29 is 24.2 Å². The van der Waals surface area contributed by atoms with E-state index in [1.807, 2.05) is 6.92 Å². The first-order valence-corrected chi connectivity index (χ1v) is 6.51. The number of nitrogens with one attached hydrogen (secondary N) is 1. The molecule has 2 N–H and O–H groups in total. The van der Waals surface area contributed by atoms with Gasteiger partial charge in [0.05, 0.1) is 18.9 Å². The normalized spacial score (nSPS) is 27.6. The number of ether oxygens (including phenoxy) is 1. The number of hydrogen-bond acceptors (Lipinski definition) is 4. The highest BCUT2D eigenvalue weighted by atomic mass is 16.5. The molecule has 6 nitrogen and oxygen atoms in total. The smallest absolute Gasteiger partial charge is 0.328 e. The van der Waals surface area contributed by atoms with E-state index >= 15 is 0 Å². The van der Waals surface area contributed by atoms with Gasteiger partial charge in [-0.3, -0.25) is 9.59 Å². The average molecular weight is 271 g/mol. The van der Waals surface area contributed by atoms with Crippen molar-refractivity contribution in [1.29, 1.82) is 0 Å². The van der Waals surface area contributed by atoms with Gasteiger partial charge in [0, 0.05) is 0 Å². The Morgan fingerprint density at radius 3 is 2.37 bits per heavy atom. The summed E-state index contributed by atoms with van der Waals surface area (Å²) >= 11 is 0. The van der Waals surface area contributed by atoms with E-state index in [1.165, 1.54) is 14.0 Å². The van der Waals surface area contributed by atoms with Gasteiger partial charge in [-0.05, 0) is 25.7 Å². The summed E-state index contributed by atoms with van der Waals surface area (Å²) in [5, 5.41) is 11.7. The Labute approximate surface area is 112 Å². The number of carbonyl (C=O) groups excluding carboxylic acids is 2. The fraction of sp³-hybridized carbons (Fsp3) is 0.769. The third-order valence-electron chi connectivity index (χ3n) is 3.81. The lowest BCUT2D eigenvalue weighted by Crippen LogP contribution is -2.44. The lowest BCUT2D eigenvalue weighted by Gasteiger charge is -2.18. The minimum Gasteiger partial charge on any atom is -0.481 e. The van der Waals surface area contributed by atoms with Crippen LogP contribution < -0.4 is 5.32 Å². The quantitative estimate of drug-likeness (QED) is 0.721. The molecule has 1 saturated carbocycles. The largest absolute Gasteiger partial charge is 0.481 e. The van der Waals surface area contributed by atoms with Crippen molar-refractivity contribution in [3.8, 4) is 0 Å². The van der Waals surface area contributed by atoms with Crippen LogP contribution in [-0.2, 0) is 19.1 Å². The molecule has 0 saturated heterocycles.